The molecule has 22 heavy (non-hydrogen) atoms. The van der Waals surface area contributed by atoms with Gasteiger partial charge in [0.05, 0.1) is 13.1 Å². The van der Waals surface area contributed by atoms with Gasteiger partial charge in [0.1, 0.15) is 0 Å². The average Bonchev–Trinajstić information content (AvgIpc) is 2.37. The number of hydrogen-bond acceptors (Lipinski definition) is 2. The maximum absolute atomic E-state index is 12.0. The fourth-order valence-corrected chi connectivity index (χ4v) is 2.38. The van der Waals surface area contributed by atoms with Gasteiger partial charge in [-0.15, -0.1) is 0 Å². The maximum atomic E-state index is 12.0. The molecule has 5 nitrogen and oxygen atoms in total. The zero-order chi connectivity index (χ0) is 16.7. The van der Waals surface area contributed by atoms with Crippen LogP contribution in [0, 0.1) is 0 Å². The Kier molecular flexibility index (Phi) is 7.55. The SMILES string of the molecule is CC(C)NC(=O)C[NH+](C)CC(=O)N[C@H](C)c1ccc(Br)cc1. The van der Waals surface area contributed by atoms with Gasteiger partial charge >= 0.3 is 0 Å². The molecule has 0 saturated carbocycles. The molecule has 0 radical (unpaired) electrons. The molecule has 0 aromatic heterocycles. The van der Waals surface area contributed by atoms with Crippen LogP contribution in [-0.4, -0.2) is 38.0 Å². The first-order valence-electron chi connectivity index (χ1n) is 7.43. The highest BCUT2D eigenvalue weighted by molar-refractivity contribution is 9.10. The van der Waals surface area contributed by atoms with Crippen LogP contribution in [0.3, 0.4) is 0 Å². The Labute approximate surface area is 140 Å². The smallest absolute Gasteiger partial charge is 0.275 e. The lowest BCUT2D eigenvalue weighted by Gasteiger charge is -2.18. The van der Waals surface area contributed by atoms with Crippen LogP contribution in [0.4, 0.5) is 0 Å². The summed E-state index contributed by atoms with van der Waals surface area (Å²) in [6.07, 6.45) is 0. The van der Waals surface area contributed by atoms with Crippen molar-refractivity contribution < 1.29 is 14.5 Å². The summed E-state index contributed by atoms with van der Waals surface area (Å²) < 4.78 is 1.01. The molecule has 2 atom stereocenters. The normalized spacial score (nSPS) is 13.5. The van der Waals surface area contributed by atoms with Crippen LogP contribution in [0.1, 0.15) is 32.4 Å². The highest BCUT2D eigenvalue weighted by Gasteiger charge is 2.16. The van der Waals surface area contributed by atoms with Crippen molar-refractivity contribution in [1.29, 1.82) is 0 Å². The van der Waals surface area contributed by atoms with E-state index in [2.05, 4.69) is 26.6 Å². The summed E-state index contributed by atoms with van der Waals surface area (Å²) in [5.41, 5.74) is 1.05. The Hall–Kier alpha value is -1.40. The topological polar surface area (TPSA) is 62.6 Å². The zero-order valence-corrected chi connectivity index (χ0v) is 15.2. The van der Waals surface area contributed by atoms with E-state index < -0.39 is 0 Å². The number of nitrogens with one attached hydrogen (secondary N) is 3. The minimum absolute atomic E-state index is 0.0405. The largest absolute Gasteiger partial charge is 0.349 e. The van der Waals surface area contributed by atoms with Gasteiger partial charge < -0.3 is 15.5 Å². The van der Waals surface area contributed by atoms with Gasteiger partial charge in [-0.1, -0.05) is 28.1 Å². The van der Waals surface area contributed by atoms with E-state index in [0.717, 1.165) is 14.9 Å². The molecular weight excluding hydrogens is 346 g/mol. The van der Waals surface area contributed by atoms with Crippen LogP contribution >= 0.6 is 15.9 Å². The molecule has 0 heterocycles. The minimum atomic E-state index is -0.0646. The highest BCUT2D eigenvalue weighted by atomic mass is 79.9. The van der Waals surface area contributed by atoms with E-state index in [4.69, 9.17) is 0 Å². The molecule has 6 heteroatoms. The third-order valence-corrected chi connectivity index (χ3v) is 3.65. The lowest BCUT2D eigenvalue weighted by Crippen LogP contribution is -3.11. The number of carbonyl (C=O) groups excluding carboxylic acids is 2. The third kappa shape index (κ3) is 7.04. The first-order valence-corrected chi connectivity index (χ1v) is 8.22. The number of rotatable bonds is 7. The van der Waals surface area contributed by atoms with E-state index in [9.17, 15) is 9.59 Å². The third-order valence-electron chi connectivity index (χ3n) is 3.12. The molecule has 0 aliphatic carbocycles. The molecule has 0 bridgehead atoms. The Bertz CT molecular complexity index is 503. The second-order valence-electron chi connectivity index (χ2n) is 5.87. The Morgan fingerprint density at radius 2 is 1.55 bits per heavy atom. The summed E-state index contributed by atoms with van der Waals surface area (Å²) in [5.74, 6) is -0.105. The van der Waals surface area contributed by atoms with E-state index in [1.54, 1.807) is 0 Å². The first-order chi connectivity index (χ1) is 10.3. The number of carbonyl (C=O) groups is 2. The Morgan fingerprint density at radius 3 is 2.05 bits per heavy atom. The van der Waals surface area contributed by atoms with Crippen LogP contribution in [-0.2, 0) is 9.59 Å². The molecule has 0 saturated heterocycles. The standard InChI is InChI=1S/C16H24BrN3O2/c1-11(2)18-15(21)9-20(4)10-16(22)19-12(3)13-5-7-14(17)8-6-13/h5-8,11-12H,9-10H2,1-4H3,(H,18,21)(H,19,22)/p+1/t12-/m1/s1. The Morgan fingerprint density at radius 1 is 1.05 bits per heavy atom. The molecule has 0 aliphatic heterocycles. The summed E-state index contributed by atoms with van der Waals surface area (Å²) >= 11 is 3.39. The fraction of sp³-hybridized carbons (Fsp3) is 0.500. The Balaban J connectivity index is 2.41. The predicted octanol–water partition coefficient (Wildman–Crippen LogP) is 0.666. The summed E-state index contributed by atoms with van der Waals surface area (Å²) in [7, 11) is 1.84. The first kappa shape index (κ1) is 18.6. The van der Waals surface area contributed by atoms with Gasteiger partial charge in [-0.25, -0.2) is 0 Å². The molecule has 1 aromatic carbocycles. The minimum Gasteiger partial charge on any atom is -0.349 e. The van der Waals surface area contributed by atoms with Crippen LogP contribution in [0.15, 0.2) is 28.7 Å². The van der Waals surface area contributed by atoms with Crippen molar-refractivity contribution >= 4 is 27.7 Å². The molecule has 0 spiro atoms. The molecule has 1 rings (SSSR count). The average molecular weight is 371 g/mol. The van der Waals surface area contributed by atoms with Crippen LogP contribution in [0.2, 0.25) is 0 Å². The van der Waals surface area contributed by atoms with Crippen molar-refractivity contribution in [3.8, 4) is 0 Å². The van der Waals surface area contributed by atoms with E-state index in [0.29, 0.717) is 0 Å². The number of halogens is 1. The number of quaternary nitrogens is 1. The second-order valence-corrected chi connectivity index (χ2v) is 6.79. The zero-order valence-electron chi connectivity index (χ0n) is 13.6. The van der Waals surface area contributed by atoms with E-state index >= 15 is 0 Å². The van der Waals surface area contributed by atoms with Crippen molar-refractivity contribution in [2.24, 2.45) is 0 Å². The van der Waals surface area contributed by atoms with Gasteiger partial charge in [0.2, 0.25) is 0 Å². The summed E-state index contributed by atoms with van der Waals surface area (Å²) in [4.78, 5) is 24.5. The van der Waals surface area contributed by atoms with Crippen molar-refractivity contribution in [2.45, 2.75) is 32.9 Å². The highest BCUT2D eigenvalue weighted by Crippen LogP contribution is 2.16. The summed E-state index contributed by atoms with van der Waals surface area (Å²) in [6, 6.07) is 7.91. The second kappa shape index (κ2) is 8.90. The molecule has 3 N–H and O–H groups in total. The predicted molar refractivity (Wildman–Crippen MR) is 90.6 cm³/mol. The van der Waals surface area contributed by atoms with Gasteiger partial charge in [0.15, 0.2) is 13.1 Å². The van der Waals surface area contributed by atoms with Gasteiger partial charge in [-0.3, -0.25) is 9.59 Å². The van der Waals surface area contributed by atoms with Crippen molar-refractivity contribution in [3.05, 3.63) is 34.3 Å². The van der Waals surface area contributed by atoms with Crippen molar-refractivity contribution in [2.75, 3.05) is 20.1 Å². The number of benzene rings is 1. The summed E-state index contributed by atoms with van der Waals surface area (Å²) in [6.45, 7) is 6.34. The monoisotopic (exact) mass is 370 g/mol. The van der Waals surface area contributed by atoms with Crippen LogP contribution < -0.4 is 15.5 Å². The number of amides is 2. The molecule has 122 valence electrons. The molecule has 2 amide bonds. The molecule has 1 aromatic rings. The van der Waals surface area contributed by atoms with Crippen LogP contribution in [0.25, 0.3) is 0 Å². The van der Waals surface area contributed by atoms with Crippen molar-refractivity contribution in [1.82, 2.24) is 10.6 Å². The molecular formula is C16H25BrN3O2+. The molecule has 0 fully saturated rings. The number of hydrogen-bond donors (Lipinski definition) is 3. The van der Waals surface area contributed by atoms with E-state index in [1.165, 1.54) is 0 Å². The lowest BCUT2D eigenvalue weighted by molar-refractivity contribution is -0.862. The molecule has 1 unspecified atom stereocenters. The quantitative estimate of drug-likeness (QED) is 0.660. The van der Waals surface area contributed by atoms with Gasteiger partial charge in [0.25, 0.3) is 11.8 Å². The fourth-order valence-electron chi connectivity index (χ4n) is 2.11. The van der Waals surface area contributed by atoms with Gasteiger partial charge in [-0.05, 0) is 38.5 Å². The van der Waals surface area contributed by atoms with Gasteiger partial charge in [-0.2, -0.15) is 0 Å². The summed E-state index contributed by atoms with van der Waals surface area (Å²) in [5, 5.41) is 5.78. The lowest BCUT2D eigenvalue weighted by atomic mass is 10.1. The van der Waals surface area contributed by atoms with Gasteiger partial charge in [0, 0.05) is 10.5 Å². The van der Waals surface area contributed by atoms with Crippen LogP contribution in [0.5, 0.6) is 0 Å². The maximum Gasteiger partial charge on any atom is 0.275 e. The number of likely N-dealkylation sites (N-methyl/N-ethyl adjacent to an activating group) is 1. The molecule has 0 aliphatic rings. The van der Waals surface area contributed by atoms with E-state index in [1.807, 2.05) is 52.1 Å². The van der Waals surface area contributed by atoms with Crippen molar-refractivity contribution in [3.63, 3.8) is 0 Å². The van der Waals surface area contributed by atoms with E-state index in [-0.39, 0.29) is 37.0 Å².